The second kappa shape index (κ2) is 3.46. The fourth-order valence-corrected chi connectivity index (χ4v) is 1.39. The molecule has 1 aromatic carbocycles. The van der Waals surface area contributed by atoms with E-state index in [0.29, 0.717) is 11.3 Å². The van der Waals surface area contributed by atoms with Crippen molar-refractivity contribution in [2.75, 3.05) is 5.73 Å². The topological polar surface area (TPSA) is 67.6 Å². The average molecular weight is 198 g/mol. The molecule has 1 heterocycles. The monoisotopic (exact) mass is 198 g/mol. The van der Waals surface area contributed by atoms with Crippen LogP contribution in [-0.2, 0) is 0 Å². The first-order chi connectivity index (χ1) is 7.22. The van der Waals surface area contributed by atoms with Crippen LogP contribution in [-0.4, -0.2) is 9.78 Å². The number of aromatic nitrogens is 2. The van der Waals surface area contributed by atoms with Gasteiger partial charge in [0.05, 0.1) is 23.1 Å². The Labute approximate surface area is 87.6 Å². The Hall–Kier alpha value is -2.28. The zero-order valence-corrected chi connectivity index (χ0v) is 8.31. The van der Waals surface area contributed by atoms with Crippen LogP contribution in [0, 0.1) is 18.3 Å². The summed E-state index contributed by atoms with van der Waals surface area (Å²) in [5.41, 5.74) is 8.58. The molecule has 2 aromatic rings. The fourth-order valence-electron chi connectivity index (χ4n) is 1.39. The molecule has 4 heteroatoms. The smallest absolute Gasteiger partial charge is 0.101 e. The SMILES string of the molecule is Cc1cnn(-c2cccc(C#N)c2N)c1. The van der Waals surface area contributed by atoms with Crippen LogP contribution in [0.4, 0.5) is 5.69 Å². The third-order valence-electron chi connectivity index (χ3n) is 2.16. The van der Waals surface area contributed by atoms with Gasteiger partial charge in [-0.05, 0) is 24.6 Å². The van der Waals surface area contributed by atoms with Crippen LogP contribution in [0.2, 0.25) is 0 Å². The summed E-state index contributed by atoms with van der Waals surface area (Å²) in [5, 5.41) is 13.0. The van der Waals surface area contributed by atoms with E-state index < -0.39 is 0 Å². The van der Waals surface area contributed by atoms with Crippen molar-refractivity contribution in [2.45, 2.75) is 6.92 Å². The Morgan fingerprint density at radius 1 is 1.47 bits per heavy atom. The molecule has 0 aliphatic rings. The van der Waals surface area contributed by atoms with Gasteiger partial charge < -0.3 is 5.73 Å². The van der Waals surface area contributed by atoms with E-state index in [1.165, 1.54) is 0 Å². The standard InChI is InChI=1S/C11H10N4/c1-8-6-14-15(7-8)10-4-2-3-9(5-12)11(10)13/h2-4,6-7H,13H2,1H3. The Morgan fingerprint density at radius 2 is 2.27 bits per heavy atom. The highest BCUT2D eigenvalue weighted by atomic mass is 15.3. The summed E-state index contributed by atoms with van der Waals surface area (Å²) in [6, 6.07) is 7.36. The van der Waals surface area contributed by atoms with Gasteiger partial charge in [-0.3, -0.25) is 0 Å². The van der Waals surface area contributed by atoms with Gasteiger partial charge in [-0.2, -0.15) is 10.4 Å². The van der Waals surface area contributed by atoms with Gasteiger partial charge >= 0.3 is 0 Å². The number of nitriles is 1. The van der Waals surface area contributed by atoms with Crippen molar-refractivity contribution in [3.05, 3.63) is 41.7 Å². The Bertz CT molecular complexity index is 534. The molecule has 0 bridgehead atoms. The number of nitrogens with zero attached hydrogens (tertiary/aromatic N) is 3. The summed E-state index contributed by atoms with van der Waals surface area (Å²) in [7, 11) is 0. The Morgan fingerprint density at radius 3 is 2.87 bits per heavy atom. The van der Waals surface area contributed by atoms with Crippen molar-refractivity contribution in [1.29, 1.82) is 5.26 Å². The van der Waals surface area contributed by atoms with Gasteiger partial charge in [0.2, 0.25) is 0 Å². The van der Waals surface area contributed by atoms with Crippen molar-refractivity contribution in [3.8, 4) is 11.8 Å². The lowest BCUT2D eigenvalue weighted by atomic mass is 10.1. The highest BCUT2D eigenvalue weighted by Gasteiger charge is 2.06. The summed E-state index contributed by atoms with van der Waals surface area (Å²) in [6.45, 7) is 1.95. The lowest BCUT2D eigenvalue weighted by molar-refractivity contribution is 0.882. The number of para-hydroxylation sites is 1. The third kappa shape index (κ3) is 1.55. The predicted molar refractivity (Wildman–Crippen MR) is 57.4 cm³/mol. The van der Waals surface area contributed by atoms with E-state index in [1.807, 2.05) is 25.3 Å². The number of nitrogen functional groups attached to an aromatic ring is 1. The second-order valence-electron chi connectivity index (χ2n) is 3.31. The average Bonchev–Trinajstić information content (AvgIpc) is 2.65. The highest BCUT2D eigenvalue weighted by Crippen LogP contribution is 2.20. The molecule has 4 nitrogen and oxygen atoms in total. The second-order valence-corrected chi connectivity index (χ2v) is 3.31. The number of anilines is 1. The summed E-state index contributed by atoms with van der Waals surface area (Å²) < 4.78 is 1.67. The molecule has 0 aliphatic carbocycles. The van der Waals surface area contributed by atoms with Crippen LogP contribution >= 0.6 is 0 Å². The molecule has 0 fully saturated rings. The molecule has 0 spiro atoms. The highest BCUT2D eigenvalue weighted by molar-refractivity contribution is 5.66. The van der Waals surface area contributed by atoms with Gasteiger partial charge in [0.1, 0.15) is 6.07 Å². The van der Waals surface area contributed by atoms with Crippen LogP contribution < -0.4 is 5.73 Å². The van der Waals surface area contributed by atoms with Crippen molar-refractivity contribution in [1.82, 2.24) is 9.78 Å². The zero-order chi connectivity index (χ0) is 10.8. The molecule has 0 saturated carbocycles. The molecule has 0 aliphatic heterocycles. The van der Waals surface area contributed by atoms with E-state index in [4.69, 9.17) is 11.0 Å². The van der Waals surface area contributed by atoms with Gasteiger partial charge in [0, 0.05) is 6.20 Å². The van der Waals surface area contributed by atoms with E-state index >= 15 is 0 Å². The largest absolute Gasteiger partial charge is 0.396 e. The Kier molecular flexibility index (Phi) is 2.14. The van der Waals surface area contributed by atoms with Crippen molar-refractivity contribution in [2.24, 2.45) is 0 Å². The van der Waals surface area contributed by atoms with Crippen LogP contribution in [0.5, 0.6) is 0 Å². The molecule has 0 unspecified atom stereocenters. The normalized spacial score (nSPS) is 9.87. The van der Waals surface area contributed by atoms with Crippen molar-refractivity contribution >= 4 is 5.69 Å². The summed E-state index contributed by atoms with van der Waals surface area (Å²) in [5.74, 6) is 0. The van der Waals surface area contributed by atoms with Gasteiger partial charge in [-0.1, -0.05) is 6.07 Å². The fraction of sp³-hybridized carbons (Fsp3) is 0.0909. The first kappa shape index (κ1) is 9.28. The molecule has 15 heavy (non-hydrogen) atoms. The van der Waals surface area contributed by atoms with E-state index in [1.54, 1.807) is 23.0 Å². The molecule has 74 valence electrons. The molecule has 0 amide bonds. The van der Waals surface area contributed by atoms with Crippen LogP contribution in [0.1, 0.15) is 11.1 Å². The van der Waals surface area contributed by atoms with Crippen molar-refractivity contribution < 1.29 is 0 Å². The van der Waals surface area contributed by atoms with E-state index in [9.17, 15) is 0 Å². The third-order valence-corrected chi connectivity index (χ3v) is 2.16. The molecule has 2 N–H and O–H groups in total. The number of aryl methyl sites for hydroxylation is 1. The molecule has 0 radical (unpaired) electrons. The minimum Gasteiger partial charge on any atom is -0.396 e. The molecular weight excluding hydrogens is 188 g/mol. The predicted octanol–water partition coefficient (Wildman–Crippen LogP) is 1.63. The maximum Gasteiger partial charge on any atom is 0.101 e. The van der Waals surface area contributed by atoms with Gasteiger partial charge in [0.15, 0.2) is 0 Å². The minimum absolute atomic E-state index is 0.461. The van der Waals surface area contributed by atoms with Gasteiger partial charge in [-0.15, -0.1) is 0 Å². The van der Waals surface area contributed by atoms with Crippen molar-refractivity contribution in [3.63, 3.8) is 0 Å². The quantitative estimate of drug-likeness (QED) is 0.708. The number of benzene rings is 1. The summed E-state index contributed by atoms with van der Waals surface area (Å²) >= 11 is 0. The number of hydrogen-bond acceptors (Lipinski definition) is 3. The molecule has 2 rings (SSSR count). The Balaban J connectivity index is 2.59. The summed E-state index contributed by atoms with van der Waals surface area (Å²) in [4.78, 5) is 0. The van der Waals surface area contributed by atoms with E-state index in [0.717, 1.165) is 11.3 Å². The van der Waals surface area contributed by atoms with E-state index in [-0.39, 0.29) is 0 Å². The van der Waals surface area contributed by atoms with Crippen LogP contribution in [0.15, 0.2) is 30.6 Å². The lowest BCUT2D eigenvalue weighted by Gasteiger charge is -2.06. The summed E-state index contributed by atoms with van der Waals surface area (Å²) in [6.07, 6.45) is 3.62. The number of nitrogens with two attached hydrogens (primary N) is 1. The maximum atomic E-state index is 8.84. The zero-order valence-electron chi connectivity index (χ0n) is 8.31. The van der Waals surface area contributed by atoms with Gasteiger partial charge in [0.25, 0.3) is 0 Å². The molecule has 0 saturated heterocycles. The van der Waals surface area contributed by atoms with Gasteiger partial charge in [-0.25, -0.2) is 4.68 Å². The van der Waals surface area contributed by atoms with E-state index in [2.05, 4.69) is 5.10 Å². The molecule has 0 atom stereocenters. The first-order valence-electron chi connectivity index (χ1n) is 4.52. The minimum atomic E-state index is 0.461. The number of rotatable bonds is 1. The first-order valence-corrected chi connectivity index (χ1v) is 4.52. The molecule has 1 aromatic heterocycles. The van der Waals surface area contributed by atoms with Crippen LogP contribution in [0.25, 0.3) is 5.69 Å². The number of hydrogen-bond donors (Lipinski definition) is 1. The maximum absolute atomic E-state index is 8.84. The van der Waals surface area contributed by atoms with Crippen LogP contribution in [0.3, 0.4) is 0 Å². The lowest BCUT2D eigenvalue weighted by Crippen LogP contribution is -2.01. The molecular formula is C11H10N4.